The lowest BCUT2D eigenvalue weighted by molar-refractivity contribution is -0.143. The van der Waals surface area contributed by atoms with Crippen LogP contribution in [0, 0.1) is 17.3 Å². The average molecular weight is 593 g/mol. The van der Waals surface area contributed by atoms with Crippen LogP contribution in [0.15, 0.2) is 30.3 Å². The highest BCUT2D eigenvalue weighted by Crippen LogP contribution is 2.60. The molecule has 38 heavy (non-hydrogen) atoms. The highest BCUT2D eigenvalue weighted by Gasteiger charge is 2.76. The van der Waals surface area contributed by atoms with Gasteiger partial charge in [-0.25, -0.2) is 0 Å². The van der Waals surface area contributed by atoms with E-state index >= 15 is 0 Å². The van der Waals surface area contributed by atoms with Crippen LogP contribution in [0.3, 0.4) is 0 Å². The predicted octanol–water partition coefficient (Wildman–Crippen LogP) is 3.15. The Morgan fingerprint density at radius 3 is 2.45 bits per heavy atom. The molecule has 6 atom stereocenters. The summed E-state index contributed by atoms with van der Waals surface area (Å²) < 4.78 is 6.56. The van der Waals surface area contributed by atoms with Gasteiger partial charge in [-0.2, -0.15) is 0 Å². The van der Waals surface area contributed by atoms with Gasteiger partial charge in [0.05, 0.1) is 17.9 Å². The average Bonchev–Trinajstić information content (AvgIpc) is 3.40. The van der Waals surface area contributed by atoms with Crippen LogP contribution in [0.2, 0.25) is 0 Å². The molecule has 1 aromatic rings. The molecule has 0 aromatic heterocycles. The highest BCUT2D eigenvalue weighted by molar-refractivity contribution is 9.09. The van der Waals surface area contributed by atoms with Gasteiger partial charge in [-0.1, -0.05) is 67.0 Å². The van der Waals surface area contributed by atoms with Gasteiger partial charge in [0.25, 0.3) is 0 Å². The highest BCUT2D eigenvalue weighted by atomic mass is 79.9. The summed E-state index contributed by atoms with van der Waals surface area (Å²) in [6, 6.07) is 8.80. The number of nitrogens with zero attached hydrogens (tertiary/aromatic N) is 1. The lowest BCUT2D eigenvalue weighted by Gasteiger charge is -2.38. The Morgan fingerprint density at radius 2 is 1.82 bits per heavy atom. The van der Waals surface area contributed by atoms with E-state index in [0.717, 1.165) is 12.0 Å². The number of amides is 3. The van der Waals surface area contributed by atoms with E-state index in [4.69, 9.17) is 4.74 Å². The van der Waals surface area contributed by atoms with Crippen LogP contribution in [0.5, 0.6) is 0 Å². The van der Waals surface area contributed by atoms with Gasteiger partial charge in [0.2, 0.25) is 17.7 Å². The van der Waals surface area contributed by atoms with Crippen LogP contribution < -0.4 is 10.6 Å². The molecule has 4 rings (SSSR count). The van der Waals surface area contributed by atoms with Gasteiger partial charge in [0.1, 0.15) is 11.6 Å². The molecule has 8 nitrogen and oxygen atoms in total. The van der Waals surface area contributed by atoms with Gasteiger partial charge in [0, 0.05) is 30.1 Å². The maximum Gasteiger partial charge on any atom is 0.246 e. The number of rotatable bonds is 10. The Kier molecular flexibility index (Phi) is 8.32. The summed E-state index contributed by atoms with van der Waals surface area (Å²) in [5.41, 5.74) is -0.612. The quantitative estimate of drug-likeness (QED) is 0.286. The Bertz CT molecular complexity index is 1040. The van der Waals surface area contributed by atoms with E-state index in [9.17, 15) is 19.5 Å². The lowest BCUT2D eigenvalue weighted by atomic mass is 9.70. The second kappa shape index (κ2) is 10.9. The zero-order valence-corrected chi connectivity index (χ0v) is 24.7. The summed E-state index contributed by atoms with van der Waals surface area (Å²) in [6.07, 6.45) is 1.83. The standard InChI is InChI=1S/C29H42BrN3O5/c1-27(2,3)17-28(4,5)32-25(36)23-29-15-19(30)22(38-29)20(21(29)26(37)33(23)13-9-10-14-34)24(35)31-16-18-11-7-6-8-12-18/h6-8,11-12,19-23,34H,9-10,13-17H2,1-5H3,(H,31,35)(H,32,36)/t19?,20-,21+,22-,23?,29?/m1/s1. The van der Waals surface area contributed by atoms with Crippen molar-refractivity contribution in [1.29, 1.82) is 0 Å². The van der Waals surface area contributed by atoms with E-state index < -0.39 is 35.1 Å². The zero-order valence-electron chi connectivity index (χ0n) is 23.1. The summed E-state index contributed by atoms with van der Waals surface area (Å²) in [5, 5.41) is 15.6. The number of ether oxygens (including phenoxy) is 1. The predicted molar refractivity (Wildman–Crippen MR) is 148 cm³/mol. The third-order valence-electron chi connectivity index (χ3n) is 7.89. The number of nitrogens with one attached hydrogen (secondary N) is 2. The number of unbranched alkanes of at least 4 members (excludes halogenated alkanes) is 1. The molecule has 3 amide bonds. The maximum absolute atomic E-state index is 14.0. The van der Waals surface area contributed by atoms with Crippen LogP contribution in [-0.2, 0) is 25.7 Å². The zero-order chi connectivity index (χ0) is 27.9. The molecule has 3 aliphatic heterocycles. The van der Waals surface area contributed by atoms with E-state index in [1.54, 1.807) is 4.90 Å². The molecule has 0 saturated carbocycles. The molecular formula is C29H42BrN3O5. The Labute approximate surface area is 234 Å². The summed E-state index contributed by atoms with van der Waals surface area (Å²) in [7, 11) is 0. The molecule has 3 saturated heterocycles. The first-order valence-corrected chi connectivity index (χ1v) is 14.6. The van der Waals surface area contributed by atoms with Gasteiger partial charge in [-0.15, -0.1) is 0 Å². The van der Waals surface area contributed by atoms with Crippen LogP contribution in [0.25, 0.3) is 0 Å². The van der Waals surface area contributed by atoms with Gasteiger partial charge >= 0.3 is 0 Å². The van der Waals surface area contributed by atoms with Crippen molar-refractivity contribution in [2.45, 2.75) is 95.0 Å². The normalized spacial score (nSPS) is 30.4. The number of likely N-dealkylation sites (tertiary alicyclic amines) is 1. The first kappa shape index (κ1) is 29.0. The van der Waals surface area contributed by atoms with Crippen LogP contribution in [0.1, 0.15) is 65.9 Å². The fraction of sp³-hybridized carbons (Fsp3) is 0.690. The van der Waals surface area contributed by atoms with Crippen LogP contribution in [0.4, 0.5) is 0 Å². The Morgan fingerprint density at radius 1 is 1.13 bits per heavy atom. The lowest BCUT2D eigenvalue weighted by Crippen LogP contribution is -2.59. The molecule has 1 aromatic carbocycles. The van der Waals surface area contributed by atoms with Crippen LogP contribution in [-0.4, -0.2) is 69.0 Å². The number of halogens is 1. The molecule has 2 bridgehead atoms. The molecule has 9 heteroatoms. The molecule has 0 aliphatic carbocycles. The maximum atomic E-state index is 14.0. The van der Waals surface area contributed by atoms with Crippen molar-refractivity contribution in [2.24, 2.45) is 17.3 Å². The van der Waals surface area contributed by atoms with E-state index in [1.165, 1.54) is 0 Å². The summed E-state index contributed by atoms with van der Waals surface area (Å²) in [5.74, 6) is -2.10. The molecule has 3 fully saturated rings. The van der Waals surface area contributed by atoms with E-state index in [0.29, 0.717) is 32.4 Å². The Balaban J connectivity index is 1.62. The minimum absolute atomic E-state index is 0.00485. The second-order valence-electron chi connectivity index (χ2n) is 12.9. The fourth-order valence-corrected chi connectivity index (χ4v) is 7.98. The molecule has 3 aliphatic rings. The molecule has 3 heterocycles. The number of carbonyl (C=O) groups excluding carboxylic acids is 3. The smallest absolute Gasteiger partial charge is 0.246 e. The Hall–Kier alpha value is -1.97. The van der Waals surface area contributed by atoms with Crippen LogP contribution >= 0.6 is 15.9 Å². The van der Waals surface area contributed by atoms with Gasteiger partial charge in [-0.3, -0.25) is 14.4 Å². The number of aliphatic hydroxyl groups is 1. The van der Waals surface area contributed by atoms with Crippen molar-refractivity contribution in [3.05, 3.63) is 35.9 Å². The third kappa shape index (κ3) is 5.65. The van der Waals surface area contributed by atoms with Crippen molar-refractivity contribution < 1.29 is 24.2 Å². The number of alkyl halides is 1. The molecule has 3 N–H and O–H groups in total. The number of benzene rings is 1. The van der Waals surface area contributed by atoms with Crippen molar-refractivity contribution in [1.82, 2.24) is 15.5 Å². The third-order valence-corrected chi connectivity index (χ3v) is 8.74. The fourth-order valence-electron chi connectivity index (χ4n) is 7.04. The molecule has 210 valence electrons. The van der Waals surface area contributed by atoms with Crippen molar-refractivity contribution in [3.8, 4) is 0 Å². The molecule has 0 radical (unpaired) electrons. The van der Waals surface area contributed by atoms with Gasteiger partial charge in [0.15, 0.2) is 0 Å². The summed E-state index contributed by atoms with van der Waals surface area (Å²) in [4.78, 5) is 43.0. The van der Waals surface area contributed by atoms with Crippen molar-refractivity contribution >= 4 is 33.7 Å². The van der Waals surface area contributed by atoms with Crippen molar-refractivity contribution in [2.75, 3.05) is 13.2 Å². The van der Waals surface area contributed by atoms with E-state index in [1.807, 2.05) is 44.2 Å². The summed E-state index contributed by atoms with van der Waals surface area (Å²) >= 11 is 3.71. The van der Waals surface area contributed by atoms with Gasteiger partial charge < -0.3 is 25.4 Å². The molecule has 1 spiro atoms. The van der Waals surface area contributed by atoms with E-state index in [2.05, 4.69) is 47.3 Å². The monoisotopic (exact) mass is 591 g/mol. The first-order valence-electron chi connectivity index (χ1n) is 13.7. The largest absolute Gasteiger partial charge is 0.396 e. The minimum atomic E-state index is -1.08. The van der Waals surface area contributed by atoms with Gasteiger partial charge in [-0.05, 0) is 50.5 Å². The number of hydrogen-bond donors (Lipinski definition) is 3. The minimum Gasteiger partial charge on any atom is -0.396 e. The number of aliphatic hydroxyl groups excluding tert-OH is 1. The SMILES string of the molecule is CC(C)(C)CC(C)(C)NC(=O)C1N(CCCCO)C(=O)[C@@H]2[C@@H](C(=O)NCc3ccccc3)[C@@H]3OC12CC3Br. The first-order chi connectivity index (χ1) is 17.8. The molecule has 3 unspecified atom stereocenters. The van der Waals surface area contributed by atoms with Crippen molar-refractivity contribution in [3.63, 3.8) is 0 Å². The number of carbonyl (C=O) groups is 3. The topological polar surface area (TPSA) is 108 Å². The molecular weight excluding hydrogens is 550 g/mol. The summed E-state index contributed by atoms with van der Waals surface area (Å²) in [6.45, 7) is 11.1. The number of hydrogen-bond acceptors (Lipinski definition) is 5. The van der Waals surface area contributed by atoms with E-state index in [-0.39, 0.29) is 34.6 Å². The number of fused-ring (bicyclic) bond motifs is 1. The second-order valence-corrected chi connectivity index (χ2v) is 14.1.